The van der Waals surface area contributed by atoms with Gasteiger partial charge in [-0.1, -0.05) is 32.0 Å². The van der Waals surface area contributed by atoms with E-state index in [0.717, 1.165) is 57.2 Å². The zero-order chi connectivity index (χ0) is 18.3. The topological polar surface area (TPSA) is 25.8 Å². The van der Waals surface area contributed by atoms with Crippen LogP contribution in [0.1, 0.15) is 25.4 Å². The average molecular weight is 348 g/mol. The smallest absolute Gasteiger partial charge is 0.129 e. The fraction of sp³-hybridized carbons (Fsp3) is 0.182. The van der Waals surface area contributed by atoms with Gasteiger partial charge in [0.05, 0.1) is 11.2 Å². The van der Waals surface area contributed by atoms with Crippen molar-refractivity contribution in [3.63, 3.8) is 0 Å². The Labute approximate surface area is 150 Å². The molecule has 3 aromatic carbocycles. The summed E-state index contributed by atoms with van der Waals surface area (Å²) >= 11 is 0. The molecule has 0 N–H and O–H groups in total. The van der Waals surface area contributed by atoms with Crippen molar-refractivity contribution in [2.75, 3.05) is 0 Å². The number of hydrogen-bond acceptors (Lipinski definition) is 2. The third kappa shape index (κ3) is 2.71. The van der Waals surface area contributed by atoms with Gasteiger partial charge in [0.25, 0.3) is 0 Å². The fourth-order valence-corrected chi connectivity index (χ4v) is 3.43. The van der Waals surface area contributed by atoms with Gasteiger partial charge in [0.1, 0.15) is 17.5 Å². The molecule has 4 rings (SSSR count). The van der Waals surface area contributed by atoms with Crippen LogP contribution in [0.3, 0.4) is 0 Å². The normalized spacial score (nSPS) is 11.4. The van der Waals surface area contributed by atoms with Crippen molar-refractivity contribution < 1.29 is 8.78 Å². The van der Waals surface area contributed by atoms with Crippen LogP contribution in [0, 0.1) is 11.6 Å². The summed E-state index contributed by atoms with van der Waals surface area (Å²) < 4.78 is 27.4. The van der Waals surface area contributed by atoms with Crippen LogP contribution in [0.2, 0.25) is 0 Å². The maximum absolute atomic E-state index is 14.0. The molecule has 0 unspecified atom stereocenters. The van der Waals surface area contributed by atoms with Crippen molar-refractivity contribution in [3.05, 3.63) is 71.7 Å². The summed E-state index contributed by atoms with van der Waals surface area (Å²) in [6.45, 7) is 4.09. The van der Waals surface area contributed by atoms with Crippen molar-refractivity contribution in [1.29, 1.82) is 0 Å². The van der Waals surface area contributed by atoms with Gasteiger partial charge in [-0.05, 0) is 58.7 Å². The molecule has 0 aliphatic heterocycles. The maximum atomic E-state index is 14.0. The molecule has 0 amide bonds. The van der Waals surface area contributed by atoms with E-state index in [0.29, 0.717) is 0 Å². The van der Waals surface area contributed by atoms with Gasteiger partial charge in [-0.2, -0.15) is 0 Å². The number of benzene rings is 3. The molecule has 0 saturated heterocycles. The van der Waals surface area contributed by atoms with E-state index in [9.17, 15) is 8.78 Å². The third-order valence-corrected chi connectivity index (χ3v) is 4.69. The molecule has 1 heterocycles. The van der Waals surface area contributed by atoms with Crippen LogP contribution in [0.5, 0.6) is 0 Å². The lowest BCUT2D eigenvalue weighted by atomic mass is 9.94. The summed E-state index contributed by atoms with van der Waals surface area (Å²) in [5.41, 5.74) is 3.48. The first-order valence-corrected chi connectivity index (χ1v) is 8.78. The zero-order valence-electron chi connectivity index (χ0n) is 14.7. The van der Waals surface area contributed by atoms with Gasteiger partial charge in [-0.3, -0.25) is 0 Å². The second-order valence-electron chi connectivity index (χ2n) is 6.31. The Bertz CT molecular complexity index is 1120. The van der Waals surface area contributed by atoms with E-state index in [2.05, 4.69) is 11.9 Å². The molecule has 2 nitrogen and oxygen atoms in total. The van der Waals surface area contributed by atoms with Crippen molar-refractivity contribution >= 4 is 21.7 Å². The number of fused-ring (bicyclic) bond motifs is 3. The van der Waals surface area contributed by atoms with Crippen LogP contribution in [0.4, 0.5) is 8.78 Å². The molecule has 4 heteroatoms. The summed E-state index contributed by atoms with van der Waals surface area (Å²) in [6.07, 6.45) is 1.52. The monoisotopic (exact) mass is 348 g/mol. The molecular weight excluding hydrogens is 330 g/mol. The van der Waals surface area contributed by atoms with E-state index >= 15 is 0 Å². The highest BCUT2D eigenvalue weighted by Crippen LogP contribution is 2.36. The lowest BCUT2D eigenvalue weighted by Gasteiger charge is -2.14. The predicted octanol–water partition coefficient (Wildman–Crippen LogP) is 5.85. The highest BCUT2D eigenvalue weighted by molar-refractivity contribution is 6.13. The minimum Gasteiger partial charge on any atom is -0.237 e. The minimum atomic E-state index is -0.302. The Kier molecular flexibility index (Phi) is 4.11. The molecule has 0 atom stereocenters. The fourth-order valence-electron chi connectivity index (χ4n) is 3.43. The van der Waals surface area contributed by atoms with Crippen molar-refractivity contribution in [2.45, 2.75) is 26.7 Å². The molecule has 130 valence electrons. The third-order valence-electron chi connectivity index (χ3n) is 4.69. The Morgan fingerprint density at radius 3 is 2.19 bits per heavy atom. The number of rotatable bonds is 3. The molecule has 4 aromatic rings. The average Bonchev–Trinajstić information content (AvgIpc) is 2.66. The SMILES string of the molecule is CCc1nc(CC)c2c(cc(-c3ccc(F)cc3)c3cc(F)ccc32)n1. The second-order valence-corrected chi connectivity index (χ2v) is 6.31. The summed E-state index contributed by atoms with van der Waals surface area (Å²) in [4.78, 5) is 9.37. The zero-order valence-corrected chi connectivity index (χ0v) is 14.7. The van der Waals surface area contributed by atoms with Crippen molar-refractivity contribution in [1.82, 2.24) is 9.97 Å². The second kappa shape index (κ2) is 6.45. The van der Waals surface area contributed by atoms with E-state index in [1.54, 1.807) is 18.2 Å². The molecule has 0 saturated carbocycles. The maximum Gasteiger partial charge on any atom is 0.129 e. The van der Waals surface area contributed by atoms with Gasteiger partial charge in [0, 0.05) is 11.8 Å². The first-order valence-electron chi connectivity index (χ1n) is 8.78. The quantitative estimate of drug-likeness (QED) is 0.434. The van der Waals surface area contributed by atoms with Crippen LogP contribution in [0.15, 0.2) is 48.5 Å². The summed E-state index contributed by atoms with van der Waals surface area (Å²) in [6, 6.07) is 13.0. The highest BCUT2D eigenvalue weighted by Gasteiger charge is 2.15. The summed E-state index contributed by atoms with van der Waals surface area (Å²) in [7, 11) is 0. The largest absolute Gasteiger partial charge is 0.237 e. The van der Waals surface area contributed by atoms with Gasteiger partial charge in [-0.15, -0.1) is 0 Å². The van der Waals surface area contributed by atoms with Gasteiger partial charge in [0.15, 0.2) is 0 Å². The molecule has 1 aromatic heterocycles. The van der Waals surface area contributed by atoms with E-state index in [-0.39, 0.29) is 11.6 Å². The van der Waals surface area contributed by atoms with Crippen LogP contribution >= 0.6 is 0 Å². The first kappa shape index (κ1) is 16.6. The van der Waals surface area contributed by atoms with Crippen LogP contribution in [0.25, 0.3) is 32.8 Å². The predicted molar refractivity (Wildman–Crippen MR) is 101 cm³/mol. The van der Waals surface area contributed by atoms with Gasteiger partial charge in [0.2, 0.25) is 0 Å². The Morgan fingerprint density at radius 1 is 0.769 bits per heavy atom. The van der Waals surface area contributed by atoms with Gasteiger partial charge >= 0.3 is 0 Å². The number of aromatic nitrogens is 2. The molecular formula is C22H18F2N2. The Morgan fingerprint density at radius 2 is 1.50 bits per heavy atom. The van der Waals surface area contributed by atoms with Gasteiger partial charge < -0.3 is 0 Å². The Hall–Kier alpha value is -2.88. The van der Waals surface area contributed by atoms with Crippen LogP contribution in [-0.4, -0.2) is 9.97 Å². The molecule has 0 fully saturated rings. The Balaban J connectivity index is 2.16. The standard InChI is InChI=1S/C22H18F2N2/c1-3-19-22-16-10-9-15(24)11-18(16)17(13-5-7-14(23)8-6-13)12-20(22)26-21(4-2)25-19/h5-12H,3-4H2,1-2H3. The van der Waals surface area contributed by atoms with Crippen LogP contribution < -0.4 is 0 Å². The molecule has 0 radical (unpaired) electrons. The van der Waals surface area contributed by atoms with Crippen molar-refractivity contribution in [2.24, 2.45) is 0 Å². The van der Waals surface area contributed by atoms with E-state index in [4.69, 9.17) is 4.98 Å². The van der Waals surface area contributed by atoms with E-state index < -0.39 is 0 Å². The van der Waals surface area contributed by atoms with Gasteiger partial charge in [-0.25, -0.2) is 18.7 Å². The lowest BCUT2D eigenvalue weighted by molar-refractivity contribution is 0.628. The molecule has 26 heavy (non-hydrogen) atoms. The molecule has 0 spiro atoms. The van der Waals surface area contributed by atoms with E-state index in [1.165, 1.54) is 24.3 Å². The first-order chi connectivity index (χ1) is 12.6. The summed E-state index contributed by atoms with van der Waals surface area (Å²) in [5.74, 6) is 0.194. The lowest BCUT2D eigenvalue weighted by Crippen LogP contribution is -2.01. The van der Waals surface area contributed by atoms with Crippen molar-refractivity contribution in [3.8, 4) is 11.1 Å². The number of nitrogens with zero attached hydrogens (tertiary/aromatic N) is 2. The highest BCUT2D eigenvalue weighted by atomic mass is 19.1. The number of hydrogen-bond donors (Lipinski definition) is 0. The van der Waals surface area contributed by atoms with E-state index in [1.807, 2.05) is 13.0 Å². The minimum absolute atomic E-state index is 0.297. The molecule has 0 aliphatic rings. The molecule has 0 bridgehead atoms. The summed E-state index contributed by atoms with van der Waals surface area (Å²) in [5, 5.41) is 2.67. The van der Waals surface area contributed by atoms with Crippen LogP contribution in [-0.2, 0) is 12.8 Å². The number of aryl methyl sites for hydroxylation is 2. The number of halogens is 2. The molecule has 0 aliphatic carbocycles.